The zero-order chi connectivity index (χ0) is 19.5. The van der Waals surface area contributed by atoms with Crippen LogP contribution in [0.1, 0.15) is 70.3 Å². The molecule has 0 aromatic heterocycles. The number of unbranched alkanes of at least 4 members (excludes halogenated alkanes) is 1. The van der Waals surface area contributed by atoms with E-state index in [4.69, 9.17) is 10.00 Å². The minimum Gasteiger partial charge on any atom is -0.489 e. The van der Waals surface area contributed by atoms with Crippen LogP contribution in [-0.2, 0) is 4.79 Å². The molecule has 0 amide bonds. The van der Waals surface area contributed by atoms with Gasteiger partial charge in [0.15, 0.2) is 0 Å². The lowest BCUT2D eigenvalue weighted by molar-refractivity contribution is -0.114. The normalized spacial score (nSPS) is 17.1. The molecule has 2 rings (SSSR count). The predicted octanol–water partition coefficient (Wildman–Crippen LogP) is 5.57. The number of Topliss-reactive ketones (excluding diaryl/α,β-unsaturated/α-hetero) is 1. The van der Waals surface area contributed by atoms with Crippen LogP contribution in [-0.4, -0.2) is 12.4 Å². The van der Waals surface area contributed by atoms with E-state index in [1.165, 1.54) is 37.7 Å². The number of carbonyl (C=O) groups excluding carboxylic acids is 1. The third-order valence-corrected chi connectivity index (χ3v) is 5.01. The number of hydrogen-bond donors (Lipinski definition) is 0. The lowest BCUT2D eigenvalue weighted by Crippen LogP contribution is -2.10. The largest absolute Gasteiger partial charge is 0.489 e. The Morgan fingerprint density at radius 2 is 2.11 bits per heavy atom. The zero-order valence-corrected chi connectivity index (χ0v) is 16.5. The lowest BCUT2D eigenvalue weighted by Gasteiger charge is -2.21. The average molecular weight is 364 g/mol. The zero-order valence-electron chi connectivity index (χ0n) is 16.5. The van der Waals surface area contributed by atoms with Crippen LogP contribution in [0.4, 0.5) is 0 Å². The van der Waals surface area contributed by atoms with E-state index >= 15 is 0 Å². The summed E-state index contributed by atoms with van der Waals surface area (Å²) in [6.45, 7) is 4.63. The van der Waals surface area contributed by atoms with Crippen molar-refractivity contribution in [2.45, 2.75) is 64.7 Å². The second-order valence-electron chi connectivity index (χ2n) is 7.16. The second-order valence-corrected chi connectivity index (χ2v) is 7.16. The maximum Gasteiger partial charge on any atom is 0.233 e. The highest BCUT2D eigenvalue weighted by molar-refractivity contribution is 5.94. The first-order chi connectivity index (χ1) is 13.2. The number of nitriles is 1. The number of allylic oxidation sites excluding steroid dienone is 1. The van der Waals surface area contributed by atoms with Gasteiger partial charge in [-0.2, -0.15) is 5.26 Å². The molecule has 0 saturated carbocycles. The third-order valence-electron chi connectivity index (χ3n) is 5.01. The molecular weight excluding hydrogens is 334 g/mol. The number of rotatable bonds is 9. The molecule has 1 aromatic rings. The van der Waals surface area contributed by atoms with Crippen LogP contribution >= 0.6 is 0 Å². The Hall–Kier alpha value is -2.52. The van der Waals surface area contributed by atoms with Crippen LogP contribution in [0.3, 0.4) is 0 Å². The van der Waals surface area contributed by atoms with Gasteiger partial charge < -0.3 is 4.74 Å². The van der Waals surface area contributed by atoms with Crippen LogP contribution in [0.2, 0.25) is 0 Å². The van der Waals surface area contributed by atoms with E-state index in [-0.39, 0.29) is 12.3 Å². The van der Waals surface area contributed by atoms with Crippen molar-refractivity contribution in [1.29, 1.82) is 5.26 Å². The summed E-state index contributed by atoms with van der Waals surface area (Å²) in [7, 11) is 0. The van der Waals surface area contributed by atoms with Crippen molar-refractivity contribution in [1.82, 2.24) is 0 Å². The summed E-state index contributed by atoms with van der Waals surface area (Å²) in [5, 5.41) is 8.73. The third kappa shape index (κ3) is 6.95. The highest BCUT2D eigenvalue weighted by Gasteiger charge is 2.15. The van der Waals surface area contributed by atoms with E-state index in [0.29, 0.717) is 12.5 Å². The molecule has 142 valence electrons. The van der Waals surface area contributed by atoms with Crippen molar-refractivity contribution in [3.8, 4) is 23.7 Å². The molecule has 27 heavy (non-hydrogen) atoms. The lowest BCUT2D eigenvalue weighted by atomic mass is 9.87. The van der Waals surface area contributed by atoms with E-state index in [0.717, 1.165) is 17.7 Å². The van der Waals surface area contributed by atoms with Crippen molar-refractivity contribution < 1.29 is 9.53 Å². The van der Waals surface area contributed by atoms with Gasteiger partial charge in [0.05, 0.1) is 5.92 Å². The van der Waals surface area contributed by atoms with Crippen molar-refractivity contribution in [3.63, 3.8) is 0 Å². The first-order valence-corrected chi connectivity index (χ1v) is 9.93. The van der Waals surface area contributed by atoms with Gasteiger partial charge in [-0.3, -0.25) is 4.79 Å². The summed E-state index contributed by atoms with van der Waals surface area (Å²) in [6, 6.07) is 9.40. The summed E-state index contributed by atoms with van der Waals surface area (Å²) >= 11 is 0. The molecule has 3 heteroatoms. The molecule has 2 unspecified atom stereocenters. The second kappa shape index (κ2) is 11.2. The molecule has 0 fully saturated rings. The van der Waals surface area contributed by atoms with E-state index in [1.54, 1.807) is 13.0 Å². The van der Waals surface area contributed by atoms with Crippen LogP contribution in [0.25, 0.3) is 0 Å². The van der Waals surface area contributed by atoms with Crippen molar-refractivity contribution >= 4 is 5.78 Å². The van der Waals surface area contributed by atoms with E-state index in [2.05, 4.69) is 24.8 Å². The topological polar surface area (TPSA) is 50.1 Å². The maximum atomic E-state index is 11.4. The van der Waals surface area contributed by atoms with Gasteiger partial charge in [0.25, 0.3) is 0 Å². The summed E-state index contributed by atoms with van der Waals surface area (Å²) in [6.07, 6.45) is 10.1. The van der Waals surface area contributed by atoms with Crippen molar-refractivity contribution in [3.05, 3.63) is 41.5 Å². The number of benzene rings is 1. The van der Waals surface area contributed by atoms with Crippen LogP contribution in [0.5, 0.6) is 5.75 Å². The Labute approximate surface area is 163 Å². The minimum absolute atomic E-state index is 0.129. The maximum absolute atomic E-state index is 11.4. The van der Waals surface area contributed by atoms with Crippen LogP contribution in [0.15, 0.2) is 35.9 Å². The van der Waals surface area contributed by atoms with E-state index in [1.807, 2.05) is 24.3 Å². The van der Waals surface area contributed by atoms with Gasteiger partial charge in [0.1, 0.15) is 18.4 Å². The smallest absolute Gasteiger partial charge is 0.233 e. The standard InChI is InChI=1S/C24H29NO2/c1-3-5-8-19-9-6-10-20(15-19)18-27-24-13-11-21(12-14-24)22(7-4-2)16-23(26)17-25/h11-15,19,22H,3,5-6,8-10,16,18H2,1-2H3. The molecule has 0 bridgehead atoms. The number of carbonyl (C=O) groups is 1. The molecule has 1 aliphatic rings. The van der Waals surface area contributed by atoms with Gasteiger partial charge in [-0.15, -0.1) is 5.92 Å². The van der Waals surface area contributed by atoms with Gasteiger partial charge in [-0.05, 0) is 61.8 Å². The molecule has 0 N–H and O–H groups in total. The van der Waals surface area contributed by atoms with E-state index in [9.17, 15) is 4.79 Å². The summed E-state index contributed by atoms with van der Waals surface area (Å²) in [4.78, 5) is 11.4. The highest BCUT2D eigenvalue weighted by Crippen LogP contribution is 2.28. The van der Waals surface area contributed by atoms with Gasteiger partial charge in [0.2, 0.25) is 5.78 Å². The minimum atomic E-state index is -0.440. The van der Waals surface area contributed by atoms with Gasteiger partial charge >= 0.3 is 0 Å². The number of ether oxygens (including phenoxy) is 1. The first kappa shape index (κ1) is 20.8. The molecular formula is C24H29NO2. The van der Waals surface area contributed by atoms with Gasteiger partial charge in [-0.25, -0.2) is 0 Å². The first-order valence-electron chi connectivity index (χ1n) is 9.93. The Kier molecular flexibility index (Phi) is 8.66. The van der Waals surface area contributed by atoms with Crippen molar-refractivity contribution in [2.75, 3.05) is 6.61 Å². The molecule has 0 radical (unpaired) electrons. The molecule has 2 atom stereocenters. The SMILES string of the molecule is CC#CC(CC(=O)C#N)c1ccc(OCC2=CC(CCCC)CCC2)cc1. The summed E-state index contributed by atoms with van der Waals surface area (Å²) in [5.74, 6) is 6.72. The van der Waals surface area contributed by atoms with Gasteiger partial charge in [0, 0.05) is 6.42 Å². The van der Waals surface area contributed by atoms with E-state index < -0.39 is 5.78 Å². The fourth-order valence-electron chi connectivity index (χ4n) is 3.54. The summed E-state index contributed by atoms with van der Waals surface area (Å²) in [5.41, 5.74) is 2.34. The fraction of sp³-hybridized carbons (Fsp3) is 0.500. The number of ketones is 1. The van der Waals surface area contributed by atoms with Crippen molar-refractivity contribution in [2.24, 2.45) is 5.92 Å². The molecule has 3 nitrogen and oxygen atoms in total. The van der Waals surface area contributed by atoms with Crippen LogP contribution in [0, 0.1) is 29.1 Å². The van der Waals surface area contributed by atoms with Crippen LogP contribution < -0.4 is 4.74 Å². The molecule has 0 saturated heterocycles. The molecule has 0 heterocycles. The Bertz CT molecular complexity index is 743. The number of nitrogens with zero attached hydrogens (tertiary/aromatic N) is 1. The summed E-state index contributed by atoms with van der Waals surface area (Å²) < 4.78 is 5.97. The Morgan fingerprint density at radius 1 is 1.33 bits per heavy atom. The quantitative estimate of drug-likeness (QED) is 0.327. The predicted molar refractivity (Wildman–Crippen MR) is 108 cm³/mol. The Balaban J connectivity index is 1.94. The molecule has 0 aliphatic heterocycles. The molecule has 1 aliphatic carbocycles. The average Bonchev–Trinajstić information content (AvgIpc) is 2.71. The fourth-order valence-corrected chi connectivity index (χ4v) is 3.54. The van der Waals surface area contributed by atoms with Gasteiger partial charge in [-0.1, -0.05) is 43.9 Å². The highest BCUT2D eigenvalue weighted by atomic mass is 16.5. The molecule has 1 aromatic carbocycles. The monoisotopic (exact) mass is 363 g/mol. The Morgan fingerprint density at radius 3 is 2.78 bits per heavy atom. The number of hydrogen-bond acceptors (Lipinski definition) is 3. The molecule has 0 spiro atoms.